The number of nitrogens with one attached hydrogen (secondary N) is 3. The number of pyridine rings is 1. The Morgan fingerprint density at radius 1 is 1.21 bits per heavy atom. The van der Waals surface area contributed by atoms with Gasteiger partial charge >= 0.3 is 0 Å². The van der Waals surface area contributed by atoms with Gasteiger partial charge in [0.05, 0.1) is 5.56 Å². The molecule has 1 aromatic heterocycles. The minimum absolute atomic E-state index is 0.0454. The number of rotatable bonds is 7. The van der Waals surface area contributed by atoms with Crippen LogP contribution in [0, 0.1) is 5.82 Å². The highest BCUT2D eigenvalue weighted by Crippen LogP contribution is 2.24. The third-order valence-electron chi connectivity index (χ3n) is 4.45. The Bertz CT molecular complexity index is 900. The molecule has 1 aliphatic rings. The quantitative estimate of drug-likeness (QED) is 0.455. The van der Waals surface area contributed by atoms with Crippen molar-refractivity contribution in [2.24, 2.45) is 11.5 Å². The standard InChI is InChI=1S/C19H24FN7O2/c20-15-11-14(16(22)28)17(26-18(15)24-5-4-21)25-13-3-1-2-12(10-13)19(29)27-8-6-23-7-9-27/h1-3,10-11,23H,4-9,21H2,(H2,22,28)(H2,24,25,26). The molecule has 2 heterocycles. The van der Waals surface area contributed by atoms with Gasteiger partial charge in [-0.2, -0.15) is 0 Å². The fraction of sp³-hybridized carbons (Fsp3) is 0.316. The van der Waals surface area contributed by atoms with E-state index in [1.54, 1.807) is 29.2 Å². The predicted molar refractivity (Wildman–Crippen MR) is 109 cm³/mol. The molecule has 10 heteroatoms. The summed E-state index contributed by atoms with van der Waals surface area (Å²) in [5, 5.41) is 8.92. The highest BCUT2D eigenvalue weighted by Gasteiger charge is 2.19. The Morgan fingerprint density at radius 2 is 1.97 bits per heavy atom. The number of carbonyl (C=O) groups excluding carboxylic acids is 2. The molecule has 3 rings (SSSR count). The van der Waals surface area contributed by atoms with E-state index in [0.29, 0.717) is 30.9 Å². The van der Waals surface area contributed by atoms with Crippen molar-refractivity contribution in [2.45, 2.75) is 0 Å². The van der Waals surface area contributed by atoms with Crippen LogP contribution in [0.5, 0.6) is 0 Å². The van der Waals surface area contributed by atoms with Gasteiger partial charge in [-0.1, -0.05) is 6.07 Å². The number of amides is 2. The zero-order valence-corrected chi connectivity index (χ0v) is 15.9. The Morgan fingerprint density at radius 3 is 2.66 bits per heavy atom. The highest BCUT2D eigenvalue weighted by molar-refractivity contribution is 5.99. The van der Waals surface area contributed by atoms with Gasteiger partial charge in [0.1, 0.15) is 5.82 Å². The van der Waals surface area contributed by atoms with E-state index in [9.17, 15) is 14.0 Å². The van der Waals surface area contributed by atoms with Gasteiger partial charge in [0.15, 0.2) is 11.6 Å². The third kappa shape index (κ3) is 4.98. The van der Waals surface area contributed by atoms with Gasteiger partial charge in [0.25, 0.3) is 11.8 Å². The van der Waals surface area contributed by atoms with Gasteiger partial charge in [-0.25, -0.2) is 9.37 Å². The number of aromatic nitrogens is 1. The third-order valence-corrected chi connectivity index (χ3v) is 4.45. The molecule has 0 spiro atoms. The lowest BCUT2D eigenvalue weighted by molar-refractivity contribution is 0.0735. The molecule has 1 aromatic carbocycles. The predicted octanol–water partition coefficient (Wildman–Crippen LogP) is 0.479. The Balaban J connectivity index is 1.87. The lowest BCUT2D eigenvalue weighted by atomic mass is 10.1. The monoisotopic (exact) mass is 401 g/mol. The molecule has 0 radical (unpaired) electrons. The van der Waals surface area contributed by atoms with E-state index in [0.717, 1.165) is 19.2 Å². The fourth-order valence-electron chi connectivity index (χ4n) is 3.00. The number of hydrogen-bond acceptors (Lipinski definition) is 7. The second-order valence-corrected chi connectivity index (χ2v) is 6.54. The van der Waals surface area contributed by atoms with Gasteiger partial charge in [-0.3, -0.25) is 9.59 Å². The Hall–Kier alpha value is -3.24. The normalized spacial score (nSPS) is 13.8. The smallest absolute Gasteiger partial charge is 0.254 e. The summed E-state index contributed by atoms with van der Waals surface area (Å²) >= 11 is 0. The molecule has 0 saturated carbocycles. The van der Waals surface area contributed by atoms with Crippen LogP contribution in [0.4, 0.5) is 21.7 Å². The van der Waals surface area contributed by atoms with E-state index >= 15 is 0 Å². The molecule has 0 unspecified atom stereocenters. The zero-order valence-electron chi connectivity index (χ0n) is 15.9. The van der Waals surface area contributed by atoms with E-state index in [-0.39, 0.29) is 29.7 Å². The molecule has 1 fully saturated rings. The van der Waals surface area contributed by atoms with Crippen molar-refractivity contribution in [3.05, 3.63) is 47.3 Å². The van der Waals surface area contributed by atoms with Crippen molar-refractivity contribution in [2.75, 3.05) is 49.9 Å². The second kappa shape index (κ2) is 9.30. The minimum Gasteiger partial charge on any atom is -0.366 e. The van der Waals surface area contributed by atoms with Gasteiger partial charge in [-0.05, 0) is 24.3 Å². The van der Waals surface area contributed by atoms with Crippen LogP contribution in [-0.2, 0) is 0 Å². The number of carbonyl (C=O) groups is 2. The maximum absolute atomic E-state index is 14.2. The maximum Gasteiger partial charge on any atom is 0.254 e. The molecule has 0 bridgehead atoms. The van der Waals surface area contributed by atoms with Crippen LogP contribution in [0.15, 0.2) is 30.3 Å². The fourth-order valence-corrected chi connectivity index (χ4v) is 3.00. The average Bonchev–Trinajstić information content (AvgIpc) is 2.74. The van der Waals surface area contributed by atoms with Crippen molar-refractivity contribution >= 4 is 29.1 Å². The van der Waals surface area contributed by atoms with Gasteiger partial charge in [0, 0.05) is 50.5 Å². The number of anilines is 3. The van der Waals surface area contributed by atoms with Crippen molar-refractivity contribution in [3.63, 3.8) is 0 Å². The maximum atomic E-state index is 14.2. The SMILES string of the molecule is NCCNc1nc(Nc2cccc(C(=O)N3CCNCC3)c2)c(C(N)=O)cc1F. The first-order chi connectivity index (χ1) is 14.0. The summed E-state index contributed by atoms with van der Waals surface area (Å²) in [5.74, 6) is -1.57. The zero-order chi connectivity index (χ0) is 20.8. The van der Waals surface area contributed by atoms with Crippen LogP contribution in [0.1, 0.15) is 20.7 Å². The number of piperazine rings is 1. The highest BCUT2D eigenvalue weighted by atomic mass is 19.1. The minimum atomic E-state index is -0.822. The molecule has 9 nitrogen and oxygen atoms in total. The van der Waals surface area contributed by atoms with Gasteiger partial charge in [-0.15, -0.1) is 0 Å². The first kappa shape index (κ1) is 20.5. The number of nitrogens with zero attached hydrogens (tertiary/aromatic N) is 2. The molecule has 2 aromatic rings. The van der Waals surface area contributed by atoms with E-state index in [1.165, 1.54) is 0 Å². The second-order valence-electron chi connectivity index (χ2n) is 6.54. The molecule has 7 N–H and O–H groups in total. The molecule has 0 atom stereocenters. The molecular weight excluding hydrogens is 377 g/mol. The van der Waals surface area contributed by atoms with E-state index in [2.05, 4.69) is 20.9 Å². The number of hydrogen-bond donors (Lipinski definition) is 5. The lowest BCUT2D eigenvalue weighted by Gasteiger charge is -2.27. The number of primary amides is 1. The van der Waals surface area contributed by atoms with Crippen LogP contribution < -0.4 is 27.4 Å². The van der Waals surface area contributed by atoms with Gasteiger partial charge in [0.2, 0.25) is 0 Å². The number of benzene rings is 1. The van der Waals surface area contributed by atoms with Crippen LogP contribution in [-0.4, -0.2) is 61.0 Å². The molecular formula is C19H24FN7O2. The summed E-state index contributed by atoms with van der Waals surface area (Å²) in [6.45, 7) is 3.38. The summed E-state index contributed by atoms with van der Waals surface area (Å²) in [6.07, 6.45) is 0. The van der Waals surface area contributed by atoms with Crippen molar-refractivity contribution in [1.29, 1.82) is 0 Å². The van der Waals surface area contributed by atoms with Crippen LogP contribution in [0.25, 0.3) is 0 Å². The molecule has 1 saturated heterocycles. The molecule has 29 heavy (non-hydrogen) atoms. The lowest BCUT2D eigenvalue weighted by Crippen LogP contribution is -2.46. The first-order valence-corrected chi connectivity index (χ1v) is 9.31. The molecule has 0 aliphatic carbocycles. The van der Waals surface area contributed by atoms with Crippen LogP contribution >= 0.6 is 0 Å². The summed E-state index contributed by atoms with van der Waals surface area (Å²) in [4.78, 5) is 30.4. The van der Waals surface area contributed by atoms with Gasteiger partial charge < -0.3 is 32.3 Å². The average molecular weight is 401 g/mol. The van der Waals surface area contributed by atoms with E-state index < -0.39 is 11.7 Å². The topological polar surface area (TPSA) is 138 Å². The summed E-state index contributed by atoms with van der Waals surface area (Å²) in [6, 6.07) is 7.84. The van der Waals surface area contributed by atoms with Crippen molar-refractivity contribution < 1.29 is 14.0 Å². The van der Waals surface area contributed by atoms with Crippen molar-refractivity contribution in [3.8, 4) is 0 Å². The summed E-state index contributed by atoms with van der Waals surface area (Å²) in [7, 11) is 0. The molecule has 154 valence electrons. The van der Waals surface area contributed by atoms with E-state index in [4.69, 9.17) is 11.5 Å². The summed E-state index contributed by atoms with van der Waals surface area (Å²) in [5.41, 5.74) is 11.7. The Labute approximate surface area is 167 Å². The van der Waals surface area contributed by atoms with Crippen LogP contribution in [0.3, 0.4) is 0 Å². The summed E-state index contributed by atoms with van der Waals surface area (Å²) < 4.78 is 14.2. The van der Waals surface area contributed by atoms with Crippen molar-refractivity contribution in [1.82, 2.24) is 15.2 Å². The number of nitrogens with two attached hydrogens (primary N) is 2. The largest absolute Gasteiger partial charge is 0.366 e. The number of halogens is 1. The molecule has 1 aliphatic heterocycles. The molecule has 2 amide bonds. The Kier molecular flexibility index (Phi) is 6.57. The van der Waals surface area contributed by atoms with E-state index in [1.807, 2.05) is 0 Å². The van der Waals surface area contributed by atoms with Crippen LogP contribution in [0.2, 0.25) is 0 Å². The first-order valence-electron chi connectivity index (χ1n) is 9.31.